The van der Waals surface area contributed by atoms with Crippen LogP contribution in [0.5, 0.6) is 23.0 Å². The van der Waals surface area contributed by atoms with Gasteiger partial charge >= 0.3 is 5.97 Å². The van der Waals surface area contributed by atoms with Gasteiger partial charge in [-0.15, -0.1) is 0 Å². The van der Waals surface area contributed by atoms with Gasteiger partial charge in [-0.1, -0.05) is 48.5 Å². The fourth-order valence-corrected chi connectivity index (χ4v) is 4.24. The van der Waals surface area contributed by atoms with Gasteiger partial charge in [0.25, 0.3) is 5.91 Å². The highest BCUT2D eigenvalue weighted by Crippen LogP contribution is 2.27. The summed E-state index contributed by atoms with van der Waals surface area (Å²) in [5, 5.41) is 7.70. The summed E-state index contributed by atoms with van der Waals surface area (Å²) in [5.41, 5.74) is 1.17. The van der Waals surface area contributed by atoms with Gasteiger partial charge in [-0.05, 0) is 90.0 Å². The molecule has 0 fully saturated rings. The van der Waals surface area contributed by atoms with Crippen molar-refractivity contribution in [3.05, 3.63) is 121 Å². The molecular formula is C35H30N2O6. The van der Waals surface area contributed by atoms with Crippen LogP contribution in [-0.2, 0) is 19.1 Å². The van der Waals surface area contributed by atoms with Crippen molar-refractivity contribution in [1.82, 2.24) is 0 Å². The molecule has 0 aliphatic carbocycles. The van der Waals surface area contributed by atoms with E-state index in [2.05, 4.69) is 10.6 Å². The highest BCUT2D eigenvalue weighted by molar-refractivity contribution is 5.93. The van der Waals surface area contributed by atoms with E-state index in [1.54, 1.807) is 48.5 Å². The predicted molar refractivity (Wildman–Crippen MR) is 165 cm³/mol. The van der Waals surface area contributed by atoms with Gasteiger partial charge in [0.2, 0.25) is 5.91 Å². The van der Waals surface area contributed by atoms with E-state index in [1.165, 1.54) is 0 Å². The van der Waals surface area contributed by atoms with Crippen molar-refractivity contribution in [3.63, 3.8) is 0 Å². The number of ether oxygens (including phenoxy) is 3. The number of carbonyl (C=O) groups is 3. The first kappa shape index (κ1) is 28.9. The molecule has 5 aromatic carbocycles. The predicted octanol–water partition coefficient (Wildman–Crippen LogP) is 7.72. The summed E-state index contributed by atoms with van der Waals surface area (Å²) in [5.74, 6) is 1.47. The van der Waals surface area contributed by atoms with Crippen LogP contribution in [0.4, 0.5) is 11.4 Å². The van der Waals surface area contributed by atoms with Crippen molar-refractivity contribution in [3.8, 4) is 23.0 Å². The smallest absolute Gasteiger partial charge is 0.306 e. The molecule has 0 bridgehead atoms. The molecule has 8 nitrogen and oxygen atoms in total. The number of anilines is 2. The largest absolute Gasteiger partial charge is 0.457 e. The zero-order valence-corrected chi connectivity index (χ0v) is 23.3. The van der Waals surface area contributed by atoms with Crippen LogP contribution in [-0.4, -0.2) is 24.4 Å². The lowest BCUT2D eigenvalue weighted by molar-refractivity contribution is -0.147. The fourth-order valence-electron chi connectivity index (χ4n) is 4.24. The van der Waals surface area contributed by atoms with Crippen LogP contribution in [0.1, 0.15) is 19.3 Å². The summed E-state index contributed by atoms with van der Waals surface area (Å²) >= 11 is 0. The molecule has 0 unspecified atom stereocenters. The van der Waals surface area contributed by atoms with Crippen LogP contribution in [0.2, 0.25) is 0 Å². The van der Waals surface area contributed by atoms with Crippen molar-refractivity contribution in [1.29, 1.82) is 0 Å². The molecular weight excluding hydrogens is 544 g/mol. The van der Waals surface area contributed by atoms with Gasteiger partial charge in [-0.2, -0.15) is 0 Å². The van der Waals surface area contributed by atoms with Gasteiger partial charge in [0.1, 0.15) is 23.0 Å². The zero-order valence-electron chi connectivity index (χ0n) is 23.3. The Hall–Kier alpha value is -5.63. The van der Waals surface area contributed by atoms with Crippen molar-refractivity contribution >= 4 is 39.9 Å². The molecule has 0 aromatic heterocycles. The standard InChI is InChI=1S/C35H30N2O6/c38-33(36-27-14-21-31(22-15-27)43-32-18-13-25-7-4-5-8-26(25)23-32)11-6-12-35(40)41-24-34(39)37-28-16-19-30(20-17-28)42-29-9-2-1-3-10-29/h1-5,7-10,13-23H,6,11-12,24H2,(H,36,38)(H,37,39). The van der Waals surface area contributed by atoms with E-state index in [0.717, 1.165) is 16.5 Å². The van der Waals surface area contributed by atoms with Crippen molar-refractivity contribution in [2.45, 2.75) is 19.3 Å². The Bertz CT molecular complexity index is 1690. The molecule has 0 aliphatic heterocycles. The molecule has 0 radical (unpaired) electrons. The molecule has 0 atom stereocenters. The monoisotopic (exact) mass is 574 g/mol. The maximum atomic E-state index is 12.3. The third-order valence-corrected chi connectivity index (χ3v) is 6.36. The Morgan fingerprint density at radius 1 is 0.512 bits per heavy atom. The second kappa shape index (κ2) is 14.3. The number of benzene rings is 5. The Labute approximate surface area is 249 Å². The van der Waals surface area contributed by atoms with Crippen molar-refractivity contribution < 1.29 is 28.6 Å². The quantitative estimate of drug-likeness (QED) is 0.148. The van der Waals surface area contributed by atoms with Gasteiger partial charge in [0.15, 0.2) is 6.61 Å². The summed E-state index contributed by atoms with van der Waals surface area (Å²) in [7, 11) is 0. The van der Waals surface area contributed by atoms with Crippen LogP contribution in [0.15, 0.2) is 121 Å². The lowest BCUT2D eigenvalue weighted by Crippen LogP contribution is -2.21. The van der Waals surface area contributed by atoms with Crippen LogP contribution >= 0.6 is 0 Å². The van der Waals surface area contributed by atoms with Crippen molar-refractivity contribution in [2.75, 3.05) is 17.2 Å². The Morgan fingerprint density at radius 3 is 1.72 bits per heavy atom. The maximum absolute atomic E-state index is 12.3. The van der Waals surface area contributed by atoms with Gasteiger partial charge in [0.05, 0.1) is 0 Å². The molecule has 5 rings (SSSR count). The van der Waals surface area contributed by atoms with Crippen LogP contribution in [0, 0.1) is 0 Å². The lowest BCUT2D eigenvalue weighted by atomic mass is 10.1. The molecule has 0 aliphatic rings. The fraction of sp³-hybridized carbons (Fsp3) is 0.114. The van der Waals surface area contributed by atoms with Crippen LogP contribution in [0.3, 0.4) is 0 Å². The molecule has 0 spiro atoms. The van der Waals surface area contributed by atoms with Gasteiger partial charge in [-0.3, -0.25) is 14.4 Å². The van der Waals surface area contributed by atoms with Gasteiger partial charge < -0.3 is 24.8 Å². The minimum Gasteiger partial charge on any atom is -0.457 e. The first-order chi connectivity index (χ1) is 21.0. The van der Waals surface area contributed by atoms with E-state index >= 15 is 0 Å². The third kappa shape index (κ3) is 8.93. The Morgan fingerprint density at radius 2 is 1.05 bits per heavy atom. The topological polar surface area (TPSA) is 103 Å². The van der Waals surface area contributed by atoms with Crippen LogP contribution < -0.4 is 20.1 Å². The minimum atomic E-state index is -0.551. The number of fused-ring (bicyclic) bond motifs is 1. The molecule has 43 heavy (non-hydrogen) atoms. The highest BCUT2D eigenvalue weighted by atomic mass is 16.5. The second-order valence-corrected chi connectivity index (χ2v) is 9.69. The number of hydrogen-bond acceptors (Lipinski definition) is 6. The number of esters is 1. The Kier molecular flexibility index (Phi) is 9.62. The van der Waals surface area contributed by atoms with E-state index in [-0.39, 0.29) is 18.7 Å². The minimum absolute atomic E-state index is 0.0186. The zero-order chi connectivity index (χ0) is 29.9. The van der Waals surface area contributed by atoms with E-state index < -0.39 is 18.5 Å². The SMILES string of the molecule is O=C(CCCC(=O)OCC(=O)Nc1ccc(Oc2ccccc2)cc1)Nc1ccc(Oc2ccc3ccccc3c2)cc1. The summed E-state index contributed by atoms with van der Waals surface area (Å²) in [4.78, 5) is 36.5. The molecule has 0 heterocycles. The van der Waals surface area contributed by atoms with E-state index in [9.17, 15) is 14.4 Å². The highest BCUT2D eigenvalue weighted by Gasteiger charge is 2.10. The first-order valence-corrected chi connectivity index (χ1v) is 13.9. The van der Waals surface area contributed by atoms with Gasteiger partial charge in [-0.25, -0.2) is 0 Å². The van der Waals surface area contributed by atoms with Crippen molar-refractivity contribution in [2.24, 2.45) is 0 Å². The summed E-state index contributed by atoms with van der Waals surface area (Å²) in [6, 6.07) is 37.2. The average Bonchev–Trinajstić information content (AvgIpc) is 3.02. The number of carbonyl (C=O) groups excluding carboxylic acids is 3. The molecule has 0 saturated heterocycles. The molecule has 8 heteroatoms. The molecule has 0 saturated carbocycles. The number of para-hydroxylation sites is 1. The lowest BCUT2D eigenvalue weighted by Gasteiger charge is -2.09. The molecule has 5 aromatic rings. The normalized spacial score (nSPS) is 10.5. The average molecular weight is 575 g/mol. The summed E-state index contributed by atoms with van der Waals surface area (Å²) in [6.45, 7) is -0.416. The Balaban J connectivity index is 0.971. The van der Waals surface area contributed by atoms with E-state index in [0.29, 0.717) is 35.0 Å². The third-order valence-electron chi connectivity index (χ3n) is 6.36. The van der Waals surface area contributed by atoms with E-state index in [1.807, 2.05) is 72.8 Å². The molecule has 2 N–H and O–H groups in total. The summed E-state index contributed by atoms with van der Waals surface area (Å²) < 4.78 is 16.7. The first-order valence-electron chi connectivity index (χ1n) is 13.9. The van der Waals surface area contributed by atoms with Crippen LogP contribution in [0.25, 0.3) is 10.8 Å². The number of rotatable bonds is 12. The summed E-state index contributed by atoms with van der Waals surface area (Å²) in [6.07, 6.45) is 0.442. The van der Waals surface area contributed by atoms with E-state index in [4.69, 9.17) is 14.2 Å². The number of hydrogen-bond donors (Lipinski definition) is 2. The number of nitrogens with one attached hydrogen (secondary N) is 2. The maximum Gasteiger partial charge on any atom is 0.306 e. The second-order valence-electron chi connectivity index (χ2n) is 9.69. The van der Waals surface area contributed by atoms with Gasteiger partial charge in [0, 0.05) is 24.2 Å². The molecule has 2 amide bonds. The number of amides is 2. The molecule has 216 valence electrons.